The maximum absolute atomic E-state index is 12.1. The number of aliphatic carboxylic acids is 1. The zero-order chi connectivity index (χ0) is 17.6. The molecule has 1 aromatic rings. The van der Waals surface area contributed by atoms with E-state index in [1.54, 1.807) is 12.1 Å². The van der Waals surface area contributed by atoms with Crippen LogP contribution in [0.3, 0.4) is 0 Å². The lowest BCUT2D eigenvalue weighted by Gasteiger charge is -2.19. The van der Waals surface area contributed by atoms with Gasteiger partial charge in [0.25, 0.3) is 5.91 Å². The van der Waals surface area contributed by atoms with E-state index in [4.69, 9.17) is 5.11 Å². The number of hydrogen-bond acceptors (Lipinski definition) is 4. The average molecular weight is 321 g/mol. The van der Waals surface area contributed by atoms with E-state index in [0.717, 1.165) is 5.56 Å². The highest BCUT2D eigenvalue weighted by atomic mass is 16.5. The van der Waals surface area contributed by atoms with Gasteiger partial charge in [0.1, 0.15) is 6.04 Å². The highest BCUT2D eigenvalue weighted by Gasteiger charge is 2.22. The SMILES string of the molecule is COC(=O)CC[C@H](NC(=O)c1ccc(C(C)(C)C)cc1)C(=O)O. The fraction of sp³-hybridized carbons (Fsp3) is 0.471. The third-order valence-electron chi connectivity index (χ3n) is 3.48. The van der Waals surface area contributed by atoms with Crippen LogP contribution >= 0.6 is 0 Å². The molecule has 0 fully saturated rings. The van der Waals surface area contributed by atoms with Crippen molar-refractivity contribution in [3.63, 3.8) is 0 Å². The zero-order valence-electron chi connectivity index (χ0n) is 13.9. The highest BCUT2D eigenvalue weighted by Crippen LogP contribution is 2.22. The van der Waals surface area contributed by atoms with Crippen molar-refractivity contribution >= 4 is 17.8 Å². The van der Waals surface area contributed by atoms with Crippen molar-refractivity contribution in [2.24, 2.45) is 0 Å². The van der Waals surface area contributed by atoms with Crippen molar-refractivity contribution in [3.8, 4) is 0 Å². The largest absolute Gasteiger partial charge is 0.480 e. The minimum absolute atomic E-state index is 0.0200. The molecular formula is C17H23NO5. The summed E-state index contributed by atoms with van der Waals surface area (Å²) in [5.74, 6) is -2.18. The highest BCUT2D eigenvalue weighted by molar-refractivity contribution is 5.96. The number of carboxylic acids is 1. The molecule has 0 bridgehead atoms. The second-order valence-electron chi connectivity index (χ2n) is 6.31. The molecule has 0 radical (unpaired) electrons. The molecule has 6 heteroatoms. The number of benzene rings is 1. The van der Waals surface area contributed by atoms with Crippen LogP contribution in [0.5, 0.6) is 0 Å². The predicted molar refractivity (Wildman–Crippen MR) is 85.3 cm³/mol. The first-order valence-electron chi connectivity index (χ1n) is 7.36. The first-order chi connectivity index (χ1) is 10.6. The van der Waals surface area contributed by atoms with Gasteiger partial charge in [0.05, 0.1) is 7.11 Å². The molecule has 0 aliphatic rings. The maximum atomic E-state index is 12.1. The zero-order valence-corrected chi connectivity index (χ0v) is 13.9. The van der Waals surface area contributed by atoms with Crippen LogP contribution < -0.4 is 5.32 Å². The van der Waals surface area contributed by atoms with E-state index in [-0.39, 0.29) is 18.3 Å². The molecule has 126 valence electrons. The van der Waals surface area contributed by atoms with Crippen LogP contribution in [0.15, 0.2) is 24.3 Å². The van der Waals surface area contributed by atoms with Gasteiger partial charge in [-0.1, -0.05) is 32.9 Å². The minimum atomic E-state index is -1.19. The Labute approximate surface area is 135 Å². The summed E-state index contributed by atoms with van der Waals surface area (Å²) in [7, 11) is 1.23. The van der Waals surface area contributed by atoms with E-state index in [1.807, 2.05) is 12.1 Å². The standard InChI is InChI=1S/C17H23NO5/c1-17(2,3)12-7-5-11(6-8-12)15(20)18-13(16(21)22)9-10-14(19)23-4/h5-8,13H,9-10H2,1-4H3,(H,18,20)(H,21,22)/t13-/m0/s1. The number of ether oxygens (including phenoxy) is 1. The van der Waals surface area contributed by atoms with Gasteiger partial charge in [0.2, 0.25) is 0 Å². The summed E-state index contributed by atoms with van der Waals surface area (Å²) in [6.07, 6.45) is -0.0927. The van der Waals surface area contributed by atoms with Crippen LogP contribution in [0.2, 0.25) is 0 Å². The van der Waals surface area contributed by atoms with Gasteiger partial charge in [-0.3, -0.25) is 9.59 Å². The summed E-state index contributed by atoms with van der Waals surface area (Å²) in [6.45, 7) is 6.19. The summed E-state index contributed by atoms with van der Waals surface area (Å²) in [5, 5.41) is 11.6. The third kappa shape index (κ3) is 5.73. The van der Waals surface area contributed by atoms with E-state index in [2.05, 4.69) is 30.8 Å². The molecule has 23 heavy (non-hydrogen) atoms. The van der Waals surface area contributed by atoms with Gasteiger partial charge < -0.3 is 15.2 Å². The van der Waals surface area contributed by atoms with Crippen LogP contribution in [-0.4, -0.2) is 36.1 Å². The van der Waals surface area contributed by atoms with E-state index < -0.39 is 23.9 Å². The van der Waals surface area contributed by atoms with Gasteiger partial charge >= 0.3 is 11.9 Å². The number of nitrogens with one attached hydrogen (secondary N) is 1. The Hall–Kier alpha value is -2.37. The Morgan fingerprint density at radius 1 is 1.17 bits per heavy atom. The van der Waals surface area contributed by atoms with Crippen molar-refractivity contribution in [1.82, 2.24) is 5.32 Å². The molecule has 0 saturated carbocycles. The molecule has 1 rings (SSSR count). The Morgan fingerprint density at radius 2 is 1.74 bits per heavy atom. The topological polar surface area (TPSA) is 92.7 Å². The van der Waals surface area contributed by atoms with E-state index in [0.29, 0.717) is 5.56 Å². The number of esters is 1. The monoisotopic (exact) mass is 321 g/mol. The second-order valence-corrected chi connectivity index (χ2v) is 6.31. The predicted octanol–water partition coefficient (Wildman–Crippen LogP) is 2.12. The fourth-order valence-electron chi connectivity index (χ4n) is 1.98. The smallest absolute Gasteiger partial charge is 0.326 e. The van der Waals surface area contributed by atoms with E-state index in [1.165, 1.54) is 7.11 Å². The molecule has 0 heterocycles. The minimum Gasteiger partial charge on any atom is -0.480 e. The van der Waals surface area contributed by atoms with Gasteiger partial charge in [-0.15, -0.1) is 0 Å². The van der Waals surface area contributed by atoms with Gasteiger partial charge in [-0.25, -0.2) is 4.79 Å². The Balaban J connectivity index is 2.75. The van der Waals surface area contributed by atoms with Crippen LogP contribution in [0.4, 0.5) is 0 Å². The van der Waals surface area contributed by atoms with Crippen LogP contribution in [0, 0.1) is 0 Å². The lowest BCUT2D eigenvalue weighted by molar-refractivity contribution is -0.142. The van der Waals surface area contributed by atoms with Crippen molar-refractivity contribution in [2.75, 3.05) is 7.11 Å². The molecule has 0 aromatic heterocycles. The first kappa shape index (κ1) is 18.7. The van der Waals surface area contributed by atoms with Gasteiger partial charge in [0, 0.05) is 12.0 Å². The van der Waals surface area contributed by atoms with E-state index in [9.17, 15) is 14.4 Å². The Bertz CT molecular complexity index is 572. The molecular weight excluding hydrogens is 298 g/mol. The molecule has 0 aliphatic heterocycles. The molecule has 1 amide bonds. The summed E-state index contributed by atoms with van der Waals surface area (Å²) < 4.78 is 4.47. The van der Waals surface area contributed by atoms with E-state index >= 15 is 0 Å². The Kier molecular flexibility index (Phi) is 6.30. The van der Waals surface area contributed by atoms with Crippen LogP contribution in [0.1, 0.15) is 49.5 Å². The van der Waals surface area contributed by atoms with Crippen molar-refractivity contribution in [2.45, 2.75) is 45.1 Å². The summed E-state index contributed by atoms with van der Waals surface area (Å²) >= 11 is 0. The number of carbonyl (C=O) groups excluding carboxylic acids is 2. The Morgan fingerprint density at radius 3 is 2.17 bits per heavy atom. The molecule has 0 unspecified atom stereocenters. The van der Waals surface area contributed by atoms with Gasteiger partial charge in [-0.05, 0) is 29.5 Å². The second kappa shape index (κ2) is 7.76. The van der Waals surface area contributed by atoms with Crippen LogP contribution in [-0.2, 0) is 19.7 Å². The van der Waals surface area contributed by atoms with Crippen molar-refractivity contribution in [3.05, 3.63) is 35.4 Å². The number of hydrogen-bond donors (Lipinski definition) is 2. The molecule has 0 spiro atoms. The van der Waals surface area contributed by atoms with Gasteiger partial charge in [-0.2, -0.15) is 0 Å². The quantitative estimate of drug-likeness (QED) is 0.783. The van der Waals surface area contributed by atoms with Crippen molar-refractivity contribution in [1.29, 1.82) is 0 Å². The summed E-state index contributed by atoms with van der Waals surface area (Å²) in [6, 6.07) is 5.88. The number of carboxylic acid groups (broad SMARTS) is 1. The lowest BCUT2D eigenvalue weighted by atomic mass is 9.86. The van der Waals surface area contributed by atoms with Gasteiger partial charge in [0.15, 0.2) is 0 Å². The molecule has 6 nitrogen and oxygen atoms in total. The number of rotatable bonds is 6. The first-order valence-corrected chi connectivity index (χ1v) is 7.36. The maximum Gasteiger partial charge on any atom is 0.326 e. The molecule has 0 saturated heterocycles. The molecule has 1 aromatic carbocycles. The fourth-order valence-corrected chi connectivity index (χ4v) is 1.98. The normalized spacial score (nSPS) is 12.3. The number of amides is 1. The molecule has 1 atom stereocenters. The summed E-state index contributed by atoms with van der Waals surface area (Å²) in [5.41, 5.74) is 1.43. The number of methoxy groups -OCH3 is 1. The number of carbonyl (C=O) groups is 3. The average Bonchev–Trinajstić information content (AvgIpc) is 2.49. The third-order valence-corrected chi connectivity index (χ3v) is 3.48. The van der Waals surface area contributed by atoms with Crippen LogP contribution in [0.25, 0.3) is 0 Å². The summed E-state index contributed by atoms with van der Waals surface area (Å²) in [4.78, 5) is 34.4. The molecule has 0 aliphatic carbocycles. The van der Waals surface area contributed by atoms with Crippen molar-refractivity contribution < 1.29 is 24.2 Å². The lowest BCUT2D eigenvalue weighted by Crippen LogP contribution is -2.41. The molecule has 2 N–H and O–H groups in total.